The van der Waals surface area contributed by atoms with Gasteiger partial charge in [0.2, 0.25) is 10.0 Å². The molecule has 20 heavy (non-hydrogen) atoms. The first-order valence-corrected chi connectivity index (χ1v) is 7.03. The van der Waals surface area contributed by atoms with Crippen LogP contribution >= 0.6 is 0 Å². The van der Waals surface area contributed by atoms with Gasteiger partial charge in [-0.25, -0.2) is 12.8 Å². The molecule has 0 radical (unpaired) electrons. The van der Waals surface area contributed by atoms with Crippen molar-refractivity contribution in [1.29, 1.82) is 0 Å². The molecule has 0 saturated heterocycles. The molecule has 0 unspecified atom stereocenters. The van der Waals surface area contributed by atoms with Crippen LogP contribution in [0.2, 0.25) is 0 Å². The first kappa shape index (κ1) is 16.7. The summed E-state index contributed by atoms with van der Waals surface area (Å²) in [5, 5.41) is 0. The Morgan fingerprint density at radius 1 is 1.30 bits per heavy atom. The van der Waals surface area contributed by atoms with Crippen LogP contribution in [0, 0.1) is 5.82 Å². The molecular formula is C11H14F4N2O2S. The minimum absolute atomic E-state index is 0.234. The number of nitrogens with zero attached hydrogens (tertiary/aromatic N) is 1. The third-order valence-electron chi connectivity index (χ3n) is 2.51. The van der Waals surface area contributed by atoms with E-state index in [-0.39, 0.29) is 4.31 Å². The number of benzene rings is 1. The fourth-order valence-electron chi connectivity index (χ4n) is 1.59. The van der Waals surface area contributed by atoms with Gasteiger partial charge in [0.25, 0.3) is 0 Å². The second-order valence-electron chi connectivity index (χ2n) is 4.41. The maximum absolute atomic E-state index is 13.3. The fourth-order valence-corrected chi connectivity index (χ4v) is 3.34. The zero-order valence-electron chi connectivity index (χ0n) is 10.8. The van der Waals surface area contributed by atoms with Gasteiger partial charge in [0.05, 0.1) is 5.69 Å². The molecular weight excluding hydrogens is 300 g/mol. The number of halogens is 4. The predicted molar refractivity (Wildman–Crippen MR) is 65.9 cm³/mol. The number of anilines is 1. The minimum Gasteiger partial charge on any atom is -0.395 e. The van der Waals surface area contributed by atoms with Gasteiger partial charge in [-0.15, -0.1) is 0 Å². The molecule has 0 aromatic heterocycles. The molecule has 1 aromatic carbocycles. The molecule has 0 aliphatic heterocycles. The lowest BCUT2D eigenvalue weighted by atomic mass is 10.3. The van der Waals surface area contributed by atoms with E-state index < -0.39 is 45.2 Å². The second kappa shape index (κ2) is 5.57. The summed E-state index contributed by atoms with van der Waals surface area (Å²) in [7, 11) is -4.54. The maximum atomic E-state index is 13.3. The second-order valence-corrected chi connectivity index (χ2v) is 6.27. The molecule has 0 aliphatic rings. The van der Waals surface area contributed by atoms with Crippen LogP contribution in [0.4, 0.5) is 23.2 Å². The molecule has 1 aromatic rings. The van der Waals surface area contributed by atoms with E-state index in [1.54, 1.807) is 0 Å². The highest BCUT2D eigenvalue weighted by molar-refractivity contribution is 7.89. The van der Waals surface area contributed by atoms with Gasteiger partial charge < -0.3 is 5.73 Å². The molecule has 1 rings (SSSR count). The normalized spacial score (nSPS) is 13.2. The summed E-state index contributed by atoms with van der Waals surface area (Å²) >= 11 is 0. The summed E-state index contributed by atoms with van der Waals surface area (Å²) < 4.78 is 75.4. The number of hydrogen-bond acceptors (Lipinski definition) is 3. The van der Waals surface area contributed by atoms with E-state index >= 15 is 0 Å². The first-order valence-electron chi connectivity index (χ1n) is 5.59. The summed E-state index contributed by atoms with van der Waals surface area (Å²) in [4.78, 5) is -0.671. The molecule has 0 bridgehead atoms. The molecule has 0 heterocycles. The zero-order chi connectivity index (χ0) is 15.7. The fraction of sp³-hybridized carbons (Fsp3) is 0.455. The lowest BCUT2D eigenvalue weighted by molar-refractivity contribution is -0.138. The van der Waals surface area contributed by atoms with E-state index in [0.717, 1.165) is 18.2 Å². The molecule has 0 atom stereocenters. The van der Waals surface area contributed by atoms with Crippen LogP contribution in [-0.4, -0.2) is 31.5 Å². The number of para-hydroxylation sites is 1. The molecule has 0 amide bonds. The van der Waals surface area contributed by atoms with Gasteiger partial charge in [0.15, 0.2) is 0 Å². The van der Waals surface area contributed by atoms with Gasteiger partial charge in [-0.05, 0) is 26.0 Å². The van der Waals surface area contributed by atoms with Crippen LogP contribution in [-0.2, 0) is 10.0 Å². The molecule has 4 nitrogen and oxygen atoms in total. The SMILES string of the molecule is CC(C)N(CC(F)(F)F)S(=O)(=O)c1cccc(F)c1N. The van der Waals surface area contributed by atoms with Crippen molar-refractivity contribution in [2.75, 3.05) is 12.3 Å². The van der Waals surface area contributed by atoms with Gasteiger partial charge in [-0.2, -0.15) is 17.5 Å². The van der Waals surface area contributed by atoms with Crippen LogP contribution in [0.15, 0.2) is 23.1 Å². The van der Waals surface area contributed by atoms with Crippen molar-refractivity contribution in [1.82, 2.24) is 4.31 Å². The topological polar surface area (TPSA) is 63.4 Å². The van der Waals surface area contributed by atoms with Gasteiger partial charge >= 0.3 is 6.18 Å². The van der Waals surface area contributed by atoms with Crippen molar-refractivity contribution in [2.45, 2.75) is 31.0 Å². The van der Waals surface area contributed by atoms with Gasteiger partial charge in [-0.3, -0.25) is 0 Å². The number of alkyl halides is 3. The average molecular weight is 314 g/mol. The van der Waals surface area contributed by atoms with E-state index in [4.69, 9.17) is 5.73 Å². The quantitative estimate of drug-likeness (QED) is 0.685. The summed E-state index contributed by atoms with van der Waals surface area (Å²) in [6.45, 7) is 0.917. The Morgan fingerprint density at radius 2 is 1.85 bits per heavy atom. The van der Waals surface area contributed by atoms with Crippen LogP contribution in [0.5, 0.6) is 0 Å². The van der Waals surface area contributed by atoms with Gasteiger partial charge in [0, 0.05) is 6.04 Å². The van der Waals surface area contributed by atoms with Crippen molar-refractivity contribution in [3.8, 4) is 0 Å². The molecule has 0 fully saturated rings. The Morgan fingerprint density at radius 3 is 2.30 bits per heavy atom. The number of sulfonamides is 1. The largest absolute Gasteiger partial charge is 0.402 e. The highest BCUT2D eigenvalue weighted by Gasteiger charge is 2.39. The van der Waals surface area contributed by atoms with Crippen molar-refractivity contribution in [3.05, 3.63) is 24.0 Å². The van der Waals surface area contributed by atoms with Crippen LogP contribution < -0.4 is 5.73 Å². The summed E-state index contributed by atoms with van der Waals surface area (Å²) in [5.41, 5.74) is 4.61. The predicted octanol–water partition coefficient (Wildman–Crippen LogP) is 2.37. The molecule has 0 spiro atoms. The Labute approximate surface area is 114 Å². The van der Waals surface area contributed by atoms with Crippen molar-refractivity contribution in [2.24, 2.45) is 0 Å². The maximum Gasteiger partial charge on any atom is 0.402 e. The van der Waals surface area contributed by atoms with Gasteiger partial charge in [0.1, 0.15) is 17.3 Å². The van der Waals surface area contributed by atoms with E-state index in [1.165, 1.54) is 13.8 Å². The third-order valence-corrected chi connectivity index (χ3v) is 4.59. The van der Waals surface area contributed by atoms with E-state index in [0.29, 0.717) is 0 Å². The van der Waals surface area contributed by atoms with Crippen LogP contribution in [0.25, 0.3) is 0 Å². The van der Waals surface area contributed by atoms with Crippen molar-refractivity contribution in [3.63, 3.8) is 0 Å². The number of nitrogens with two attached hydrogens (primary N) is 1. The summed E-state index contributed by atoms with van der Waals surface area (Å²) in [6.07, 6.45) is -4.71. The number of nitrogen functional groups attached to an aromatic ring is 1. The summed E-state index contributed by atoms with van der Waals surface area (Å²) in [6, 6.07) is 2.02. The first-order chi connectivity index (χ1) is 8.97. The highest BCUT2D eigenvalue weighted by atomic mass is 32.2. The van der Waals surface area contributed by atoms with Crippen LogP contribution in [0.1, 0.15) is 13.8 Å². The lowest BCUT2D eigenvalue weighted by Gasteiger charge is -2.27. The molecule has 0 saturated carbocycles. The highest BCUT2D eigenvalue weighted by Crippen LogP contribution is 2.28. The monoisotopic (exact) mass is 314 g/mol. The molecule has 2 N–H and O–H groups in total. The zero-order valence-corrected chi connectivity index (χ0v) is 11.6. The van der Waals surface area contributed by atoms with E-state index in [1.807, 2.05) is 0 Å². The molecule has 0 aliphatic carbocycles. The Balaban J connectivity index is 3.34. The van der Waals surface area contributed by atoms with Gasteiger partial charge in [-0.1, -0.05) is 6.07 Å². The van der Waals surface area contributed by atoms with E-state index in [2.05, 4.69) is 0 Å². The Hall–Kier alpha value is -1.35. The van der Waals surface area contributed by atoms with Crippen LogP contribution in [0.3, 0.4) is 0 Å². The Bertz CT molecular complexity index is 585. The van der Waals surface area contributed by atoms with E-state index in [9.17, 15) is 26.0 Å². The molecule has 114 valence electrons. The third kappa shape index (κ3) is 3.60. The minimum atomic E-state index is -4.71. The molecule has 9 heteroatoms. The van der Waals surface area contributed by atoms with Crippen molar-refractivity contribution < 1.29 is 26.0 Å². The lowest BCUT2D eigenvalue weighted by Crippen LogP contribution is -2.43. The smallest absolute Gasteiger partial charge is 0.395 e. The number of rotatable bonds is 4. The van der Waals surface area contributed by atoms with Crippen molar-refractivity contribution >= 4 is 15.7 Å². The standard InChI is InChI=1S/C11H14F4N2O2S/c1-7(2)17(6-11(13,14)15)20(18,19)9-5-3-4-8(12)10(9)16/h3-5,7H,6,16H2,1-2H3. The number of hydrogen-bond donors (Lipinski definition) is 1. The Kier molecular flexibility index (Phi) is 4.65. The summed E-state index contributed by atoms with van der Waals surface area (Å²) in [5.74, 6) is -0.998. The average Bonchev–Trinajstić information content (AvgIpc) is 2.27.